The number of hydrogen-bond donors (Lipinski definition) is 1. The van der Waals surface area contributed by atoms with E-state index in [2.05, 4.69) is 4.98 Å². The molecule has 8 heteroatoms. The normalized spacial score (nSPS) is 10.5. The Labute approximate surface area is 170 Å². The third-order valence-corrected chi connectivity index (χ3v) is 5.11. The monoisotopic (exact) mass is 417 g/mol. The maximum absolute atomic E-state index is 11.9. The topological polar surface area (TPSA) is 85.7 Å². The van der Waals surface area contributed by atoms with Crippen molar-refractivity contribution >= 4 is 35.1 Å². The molecule has 0 saturated heterocycles. The van der Waals surface area contributed by atoms with Crippen molar-refractivity contribution in [3.05, 3.63) is 69.7 Å². The van der Waals surface area contributed by atoms with Crippen LogP contribution in [0.2, 0.25) is 4.34 Å². The Morgan fingerprint density at radius 2 is 1.93 bits per heavy atom. The van der Waals surface area contributed by atoms with Crippen LogP contribution in [-0.2, 0) is 22.6 Å². The first-order valence-electron chi connectivity index (χ1n) is 8.29. The minimum Gasteiger partial charge on any atom is -0.481 e. The van der Waals surface area contributed by atoms with Crippen molar-refractivity contribution in [2.75, 3.05) is 0 Å². The highest BCUT2D eigenvalue weighted by molar-refractivity contribution is 7.19. The van der Waals surface area contributed by atoms with Gasteiger partial charge in [-0.3, -0.25) is 4.79 Å². The molecule has 2 aromatic heterocycles. The largest absolute Gasteiger partial charge is 0.514 e. The third-order valence-electron chi connectivity index (χ3n) is 3.78. The van der Waals surface area contributed by atoms with Gasteiger partial charge in [-0.2, -0.15) is 0 Å². The molecule has 144 valence electrons. The van der Waals surface area contributed by atoms with Crippen molar-refractivity contribution in [3.63, 3.8) is 0 Å². The van der Waals surface area contributed by atoms with Crippen LogP contribution in [0.5, 0.6) is 5.75 Å². The van der Waals surface area contributed by atoms with Crippen LogP contribution in [0.25, 0.3) is 10.6 Å². The second-order valence-corrected chi connectivity index (χ2v) is 7.57. The van der Waals surface area contributed by atoms with Gasteiger partial charge in [0, 0.05) is 0 Å². The molecule has 0 radical (unpaired) electrons. The van der Waals surface area contributed by atoms with E-state index in [-0.39, 0.29) is 18.8 Å². The number of carboxylic acid groups (broad SMARTS) is 1. The molecule has 0 fully saturated rings. The quantitative estimate of drug-likeness (QED) is 0.560. The number of carboxylic acids is 1. The summed E-state index contributed by atoms with van der Waals surface area (Å²) in [5.41, 5.74) is 2.48. The van der Waals surface area contributed by atoms with Crippen LogP contribution < -0.4 is 4.74 Å². The summed E-state index contributed by atoms with van der Waals surface area (Å²) < 4.78 is 10.8. The lowest BCUT2D eigenvalue weighted by atomic mass is 10.1. The minimum atomic E-state index is -0.950. The van der Waals surface area contributed by atoms with Crippen LogP contribution in [0.15, 0.2) is 48.5 Å². The van der Waals surface area contributed by atoms with Gasteiger partial charge < -0.3 is 14.6 Å². The van der Waals surface area contributed by atoms with Crippen LogP contribution in [0.4, 0.5) is 4.79 Å². The Morgan fingerprint density at radius 1 is 1.18 bits per heavy atom. The molecule has 6 nitrogen and oxygen atoms in total. The molecule has 3 rings (SSSR count). The van der Waals surface area contributed by atoms with E-state index < -0.39 is 12.1 Å². The van der Waals surface area contributed by atoms with Gasteiger partial charge in [-0.25, -0.2) is 9.78 Å². The van der Waals surface area contributed by atoms with Crippen LogP contribution in [0, 0.1) is 6.92 Å². The van der Waals surface area contributed by atoms with Gasteiger partial charge in [0.1, 0.15) is 6.61 Å². The predicted molar refractivity (Wildman–Crippen MR) is 106 cm³/mol. The number of carbonyl (C=O) groups is 2. The number of carbonyl (C=O) groups excluding carboxylic acids is 1. The number of thiophene rings is 1. The molecule has 28 heavy (non-hydrogen) atoms. The van der Waals surface area contributed by atoms with Gasteiger partial charge in [0.25, 0.3) is 0 Å². The zero-order valence-corrected chi connectivity index (χ0v) is 16.4. The van der Waals surface area contributed by atoms with E-state index in [4.69, 9.17) is 26.2 Å². The number of ether oxygens (including phenoxy) is 2. The van der Waals surface area contributed by atoms with E-state index in [9.17, 15) is 9.59 Å². The fourth-order valence-electron chi connectivity index (χ4n) is 2.52. The fraction of sp³-hybridized carbons (Fsp3) is 0.150. The highest BCUT2D eigenvalue weighted by Gasteiger charge is 2.16. The summed E-state index contributed by atoms with van der Waals surface area (Å²) in [6.45, 7) is 1.80. The molecule has 0 aliphatic carbocycles. The zero-order chi connectivity index (χ0) is 20.1. The molecule has 1 aromatic carbocycles. The van der Waals surface area contributed by atoms with Crippen LogP contribution >= 0.6 is 22.9 Å². The first-order valence-corrected chi connectivity index (χ1v) is 9.48. The number of pyridine rings is 1. The number of hydrogen-bond acceptors (Lipinski definition) is 6. The summed E-state index contributed by atoms with van der Waals surface area (Å²) in [5, 5.41) is 9.05. The molecule has 0 saturated carbocycles. The number of aromatic nitrogens is 1. The van der Waals surface area contributed by atoms with Gasteiger partial charge in [0.05, 0.1) is 27.0 Å². The van der Waals surface area contributed by atoms with Crippen LogP contribution in [0.3, 0.4) is 0 Å². The standard InChI is InChI=1S/C20H16ClNO5S/c1-12-16(27-20(25)26-11-13-5-3-2-4-6-13)8-7-15(22-12)19-14(10-18(23)24)9-17(21)28-19/h2-9H,10-11H2,1H3,(H,23,24). The maximum Gasteiger partial charge on any atom is 0.514 e. The highest BCUT2D eigenvalue weighted by atomic mass is 35.5. The lowest BCUT2D eigenvalue weighted by Gasteiger charge is -2.09. The molecule has 3 aromatic rings. The van der Waals surface area contributed by atoms with Crippen molar-refractivity contribution in [2.24, 2.45) is 0 Å². The average Bonchev–Trinajstić information content (AvgIpc) is 3.02. The van der Waals surface area contributed by atoms with Gasteiger partial charge in [-0.15, -0.1) is 11.3 Å². The number of nitrogens with zero attached hydrogens (tertiary/aromatic N) is 1. The lowest BCUT2D eigenvalue weighted by Crippen LogP contribution is -2.11. The Morgan fingerprint density at radius 3 is 2.61 bits per heavy atom. The molecule has 0 aliphatic rings. The zero-order valence-electron chi connectivity index (χ0n) is 14.8. The first-order chi connectivity index (χ1) is 13.4. The Balaban J connectivity index is 1.70. The number of aryl methyl sites for hydroxylation is 1. The molecule has 0 spiro atoms. The van der Waals surface area contributed by atoms with E-state index in [0.717, 1.165) is 5.56 Å². The van der Waals surface area contributed by atoms with Gasteiger partial charge in [-0.1, -0.05) is 41.9 Å². The van der Waals surface area contributed by atoms with E-state index in [1.165, 1.54) is 11.3 Å². The SMILES string of the molecule is Cc1nc(-c2sc(Cl)cc2CC(=O)O)ccc1OC(=O)OCc1ccccc1. The highest BCUT2D eigenvalue weighted by Crippen LogP contribution is 2.36. The predicted octanol–water partition coefficient (Wildman–Crippen LogP) is 5.11. The molecular formula is C20H16ClNO5S. The van der Waals surface area contributed by atoms with Gasteiger partial charge in [-0.05, 0) is 36.2 Å². The van der Waals surface area contributed by atoms with Crippen LogP contribution in [0.1, 0.15) is 16.8 Å². The van der Waals surface area contributed by atoms with Crippen LogP contribution in [-0.4, -0.2) is 22.2 Å². The van der Waals surface area contributed by atoms with E-state index in [0.29, 0.717) is 26.2 Å². The molecule has 1 N–H and O–H groups in total. The summed E-state index contributed by atoms with van der Waals surface area (Å²) in [6, 6.07) is 14.1. The van der Waals surface area contributed by atoms with E-state index in [1.807, 2.05) is 30.3 Å². The van der Waals surface area contributed by atoms with Crippen molar-refractivity contribution in [2.45, 2.75) is 20.0 Å². The molecule has 0 amide bonds. The Bertz CT molecular complexity index is 1000. The summed E-state index contributed by atoms with van der Waals surface area (Å²) in [6.07, 6.45) is -0.976. The molecular weight excluding hydrogens is 402 g/mol. The maximum atomic E-state index is 11.9. The molecule has 0 bridgehead atoms. The minimum absolute atomic E-state index is 0.108. The van der Waals surface area contributed by atoms with Crippen molar-refractivity contribution in [1.29, 1.82) is 0 Å². The van der Waals surface area contributed by atoms with Crippen molar-refractivity contribution in [1.82, 2.24) is 4.98 Å². The first kappa shape index (κ1) is 19.9. The smallest absolute Gasteiger partial charge is 0.481 e. The molecule has 2 heterocycles. The lowest BCUT2D eigenvalue weighted by molar-refractivity contribution is -0.136. The van der Waals surface area contributed by atoms with E-state index >= 15 is 0 Å². The molecule has 0 aliphatic heterocycles. The summed E-state index contributed by atoms with van der Waals surface area (Å²) in [5.74, 6) is -0.683. The summed E-state index contributed by atoms with van der Waals surface area (Å²) >= 11 is 7.29. The fourth-order valence-corrected chi connectivity index (χ4v) is 3.76. The van der Waals surface area contributed by atoms with Crippen molar-refractivity contribution < 1.29 is 24.2 Å². The average molecular weight is 418 g/mol. The second-order valence-electron chi connectivity index (χ2n) is 5.88. The Hall–Kier alpha value is -2.90. The van der Waals surface area contributed by atoms with Gasteiger partial charge >= 0.3 is 12.1 Å². The second kappa shape index (κ2) is 8.86. The number of aliphatic carboxylic acids is 1. The van der Waals surface area contributed by atoms with Gasteiger partial charge in [0.15, 0.2) is 5.75 Å². The summed E-state index contributed by atoms with van der Waals surface area (Å²) in [7, 11) is 0. The van der Waals surface area contributed by atoms with Gasteiger partial charge in [0.2, 0.25) is 0 Å². The Kier molecular flexibility index (Phi) is 6.28. The third kappa shape index (κ3) is 5.09. The van der Waals surface area contributed by atoms with Crippen molar-refractivity contribution in [3.8, 4) is 16.3 Å². The summed E-state index contributed by atoms with van der Waals surface area (Å²) in [4.78, 5) is 28.1. The molecule has 0 atom stereocenters. The number of rotatable bonds is 6. The number of benzene rings is 1. The van der Waals surface area contributed by atoms with E-state index in [1.54, 1.807) is 25.1 Å². The molecule has 0 unspecified atom stereocenters. The number of halogens is 1.